The standard InChI is InChI=1S/C21H20O11/c1-21(19(29)16(27)17(28)20(30)32-21)14-15(26)13-11(25)5-8(22)6-12(13)31-18(14)7-2-3-9(23)10(24)4-7/h2-6,16-17,19-20,22-25,27-30H,1H3/t16-,17-,19-,20?,21+/m0/s1. The van der Waals surface area contributed by atoms with Gasteiger partial charge in [0.1, 0.15) is 52.1 Å². The van der Waals surface area contributed by atoms with Crippen LogP contribution in [0.15, 0.2) is 39.5 Å². The summed E-state index contributed by atoms with van der Waals surface area (Å²) in [5, 5.41) is 80.1. The van der Waals surface area contributed by atoms with Gasteiger partial charge in [0.25, 0.3) is 0 Å². The maximum absolute atomic E-state index is 13.5. The second-order valence-electron chi connectivity index (χ2n) is 7.72. The maximum atomic E-state index is 13.5. The lowest BCUT2D eigenvalue weighted by Crippen LogP contribution is -2.62. The average molecular weight is 448 g/mol. The van der Waals surface area contributed by atoms with Crippen LogP contribution in [0.1, 0.15) is 12.5 Å². The van der Waals surface area contributed by atoms with Crippen molar-refractivity contribution < 1.29 is 50.0 Å². The lowest BCUT2D eigenvalue weighted by molar-refractivity contribution is -0.320. The molecule has 1 saturated heterocycles. The van der Waals surface area contributed by atoms with E-state index in [1.165, 1.54) is 6.07 Å². The Bertz CT molecular complexity index is 1270. The van der Waals surface area contributed by atoms with E-state index in [1.54, 1.807) is 0 Å². The monoisotopic (exact) mass is 448 g/mol. The maximum Gasteiger partial charge on any atom is 0.203 e. The summed E-state index contributed by atoms with van der Waals surface area (Å²) in [5.41, 5.74) is -3.81. The average Bonchev–Trinajstić information content (AvgIpc) is 2.71. The minimum absolute atomic E-state index is 0.0178. The number of fused-ring (bicyclic) bond motifs is 1. The van der Waals surface area contributed by atoms with Gasteiger partial charge in [0, 0.05) is 17.7 Å². The summed E-state index contributed by atoms with van der Waals surface area (Å²) in [4.78, 5) is 13.5. The van der Waals surface area contributed by atoms with E-state index in [4.69, 9.17) is 9.15 Å². The molecule has 2 heterocycles. The molecule has 0 bridgehead atoms. The SMILES string of the molecule is C[C@]1(c2c(-c3ccc(O)c(O)c3)oc3cc(O)cc(O)c3c2=O)OC(O)[C@@H](O)[C@H](O)[C@@H]1O. The molecule has 1 unspecified atom stereocenters. The minimum atomic E-state index is -2.17. The molecule has 1 aliphatic rings. The number of phenolic OH excluding ortho intramolecular Hbond substituents is 4. The van der Waals surface area contributed by atoms with Crippen molar-refractivity contribution in [1.82, 2.24) is 0 Å². The number of aliphatic hydroxyl groups is 4. The highest BCUT2D eigenvalue weighted by atomic mass is 16.6. The number of aromatic hydroxyl groups is 4. The van der Waals surface area contributed by atoms with E-state index in [2.05, 4.69) is 0 Å². The largest absolute Gasteiger partial charge is 0.508 e. The molecule has 0 spiro atoms. The molecule has 170 valence electrons. The Morgan fingerprint density at radius 2 is 1.56 bits per heavy atom. The molecule has 4 rings (SSSR count). The number of benzene rings is 2. The number of phenols is 4. The molecule has 11 nitrogen and oxygen atoms in total. The predicted molar refractivity (Wildman–Crippen MR) is 107 cm³/mol. The van der Waals surface area contributed by atoms with Gasteiger partial charge in [0.05, 0.1) is 5.56 Å². The third-order valence-electron chi connectivity index (χ3n) is 5.59. The van der Waals surface area contributed by atoms with Crippen LogP contribution >= 0.6 is 0 Å². The van der Waals surface area contributed by atoms with Gasteiger partial charge in [-0.3, -0.25) is 4.79 Å². The Kier molecular flexibility index (Phi) is 5.03. The number of hydrogen-bond donors (Lipinski definition) is 8. The topological polar surface area (TPSA) is 201 Å². The molecule has 3 aromatic rings. The Hall–Kier alpha value is -3.35. The van der Waals surface area contributed by atoms with E-state index in [1.807, 2.05) is 0 Å². The summed E-state index contributed by atoms with van der Waals surface area (Å²) in [6.07, 6.45) is -7.74. The van der Waals surface area contributed by atoms with Crippen molar-refractivity contribution in [3.8, 4) is 34.3 Å². The molecule has 0 radical (unpaired) electrons. The lowest BCUT2D eigenvalue weighted by atomic mass is 9.80. The number of ether oxygens (including phenoxy) is 1. The first-order valence-corrected chi connectivity index (χ1v) is 9.41. The molecule has 1 aromatic heterocycles. The fraction of sp³-hybridized carbons (Fsp3) is 0.286. The Morgan fingerprint density at radius 3 is 2.22 bits per heavy atom. The number of hydrogen-bond acceptors (Lipinski definition) is 11. The third-order valence-corrected chi connectivity index (χ3v) is 5.59. The Labute approximate surface area is 179 Å². The summed E-state index contributed by atoms with van der Waals surface area (Å²) in [6, 6.07) is 5.37. The first kappa shape index (κ1) is 21.9. The number of aliphatic hydroxyl groups excluding tert-OH is 4. The minimum Gasteiger partial charge on any atom is -0.508 e. The van der Waals surface area contributed by atoms with Gasteiger partial charge in [-0.05, 0) is 25.1 Å². The van der Waals surface area contributed by atoms with E-state index in [0.29, 0.717) is 0 Å². The highest BCUT2D eigenvalue weighted by molar-refractivity contribution is 5.87. The summed E-state index contributed by atoms with van der Waals surface area (Å²) in [6.45, 7) is 1.16. The quantitative estimate of drug-likeness (QED) is 0.244. The van der Waals surface area contributed by atoms with Crippen LogP contribution in [-0.2, 0) is 10.3 Å². The van der Waals surface area contributed by atoms with Crippen molar-refractivity contribution >= 4 is 11.0 Å². The van der Waals surface area contributed by atoms with Crippen molar-refractivity contribution in [3.63, 3.8) is 0 Å². The van der Waals surface area contributed by atoms with Gasteiger partial charge in [-0.1, -0.05) is 0 Å². The summed E-state index contributed by atoms with van der Waals surface area (Å²) < 4.78 is 11.1. The molecule has 1 fully saturated rings. The fourth-order valence-corrected chi connectivity index (χ4v) is 3.88. The van der Waals surface area contributed by atoms with Crippen LogP contribution < -0.4 is 5.43 Å². The summed E-state index contributed by atoms with van der Waals surface area (Å²) >= 11 is 0. The van der Waals surface area contributed by atoms with Crippen molar-refractivity contribution in [1.29, 1.82) is 0 Å². The zero-order valence-corrected chi connectivity index (χ0v) is 16.5. The van der Waals surface area contributed by atoms with Crippen molar-refractivity contribution in [2.24, 2.45) is 0 Å². The van der Waals surface area contributed by atoms with Crippen LogP contribution in [0.4, 0.5) is 0 Å². The van der Waals surface area contributed by atoms with E-state index in [9.17, 15) is 45.6 Å². The normalized spacial score (nSPS) is 28.2. The second-order valence-corrected chi connectivity index (χ2v) is 7.72. The molecule has 5 atom stereocenters. The summed E-state index contributed by atoms with van der Waals surface area (Å²) in [5.74, 6) is -2.42. The van der Waals surface area contributed by atoms with Gasteiger partial charge in [0.2, 0.25) is 5.43 Å². The number of rotatable bonds is 2. The van der Waals surface area contributed by atoms with E-state index < -0.39 is 69.6 Å². The molecule has 0 aliphatic carbocycles. The van der Waals surface area contributed by atoms with Gasteiger partial charge in [-0.2, -0.15) is 0 Å². The molecule has 32 heavy (non-hydrogen) atoms. The van der Waals surface area contributed by atoms with Crippen LogP contribution in [-0.4, -0.2) is 65.5 Å². The van der Waals surface area contributed by atoms with E-state index >= 15 is 0 Å². The Balaban J connectivity index is 2.11. The van der Waals surface area contributed by atoms with Gasteiger partial charge in [-0.15, -0.1) is 0 Å². The molecular weight excluding hydrogens is 428 g/mol. The van der Waals surface area contributed by atoms with E-state index in [-0.39, 0.29) is 16.9 Å². The second kappa shape index (κ2) is 7.36. The predicted octanol–water partition coefficient (Wildman–Crippen LogP) is -0.0711. The zero-order chi connectivity index (χ0) is 23.5. The van der Waals surface area contributed by atoms with Crippen molar-refractivity contribution in [2.45, 2.75) is 37.1 Å². The third kappa shape index (κ3) is 3.15. The highest BCUT2D eigenvalue weighted by Crippen LogP contribution is 2.43. The Morgan fingerprint density at radius 1 is 0.875 bits per heavy atom. The molecule has 8 N–H and O–H groups in total. The molecule has 0 amide bonds. The van der Waals surface area contributed by atoms with Gasteiger partial charge in [0.15, 0.2) is 17.8 Å². The van der Waals surface area contributed by atoms with Crippen molar-refractivity contribution in [2.75, 3.05) is 0 Å². The van der Waals surface area contributed by atoms with Crippen LogP contribution in [0.5, 0.6) is 23.0 Å². The van der Waals surface area contributed by atoms with Gasteiger partial charge >= 0.3 is 0 Å². The molecule has 11 heteroatoms. The first-order valence-electron chi connectivity index (χ1n) is 9.41. The molecular formula is C21H20O11. The van der Waals surface area contributed by atoms with Gasteiger partial charge in [-0.25, -0.2) is 0 Å². The van der Waals surface area contributed by atoms with Crippen LogP contribution in [0.25, 0.3) is 22.3 Å². The first-order chi connectivity index (χ1) is 15.0. The van der Waals surface area contributed by atoms with Crippen LogP contribution in [0, 0.1) is 0 Å². The van der Waals surface area contributed by atoms with Crippen LogP contribution in [0.3, 0.4) is 0 Å². The lowest BCUT2D eigenvalue weighted by Gasteiger charge is -2.45. The zero-order valence-electron chi connectivity index (χ0n) is 16.5. The smallest absolute Gasteiger partial charge is 0.203 e. The van der Waals surface area contributed by atoms with Crippen LogP contribution in [0.2, 0.25) is 0 Å². The fourth-order valence-electron chi connectivity index (χ4n) is 3.88. The van der Waals surface area contributed by atoms with E-state index in [0.717, 1.165) is 31.2 Å². The highest BCUT2D eigenvalue weighted by Gasteiger charge is 2.54. The van der Waals surface area contributed by atoms with Crippen molar-refractivity contribution in [3.05, 3.63) is 46.1 Å². The van der Waals surface area contributed by atoms with Gasteiger partial charge < -0.3 is 50.0 Å². The molecule has 2 aromatic carbocycles. The summed E-state index contributed by atoms with van der Waals surface area (Å²) in [7, 11) is 0. The molecule has 1 aliphatic heterocycles. The molecule has 0 saturated carbocycles.